The maximum atomic E-state index is 13.1. The van der Waals surface area contributed by atoms with E-state index >= 15 is 0 Å². The zero-order chi connectivity index (χ0) is 39.6. The first-order valence-electron chi connectivity index (χ1n) is 17.6. The van der Waals surface area contributed by atoms with E-state index < -0.39 is 59.7 Å². The molecule has 4 aliphatic rings. The van der Waals surface area contributed by atoms with Gasteiger partial charge < -0.3 is 52.5 Å². The van der Waals surface area contributed by atoms with Crippen molar-refractivity contribution >= 4 is 70.8 Å². The van der Waals surface area contributed by atoms with Crippen LogP contribution in [0.1, 0.15) is 50.4 Å². The number of carbonyl (C=O) groups is 8. The molecule has 6 heterocycles. The quantitative estimate of drug-likeness (QED) is 0.111. The first-order valence-corrected chi connectivity index (χ1v) is 19.7. The van der Waals surface area contributed by atoms with Gasteiger partial charge in [0.15, 0.2) is 0 Å². The Balaban J connectivity index is 0.000000211. The van der Waals surface area contributed by atoms with Gasteiger partial charge in [-0.3, -0.25) is 38.4 Å². The third kappa shape index (κ3) is 10.6. The van der Waals surface area contributed by atoms with Crippen LogP contribution in [0.5, 0.6) is 0 Å². The number of nitrogens with one attached hydrogen (secondary N) is 6. The Hall–Kier alpha value is -5.38. The molecule has 0 spiro atoms. The van der Waals surface area contributed by atoms with Gasteiger partial charge in [-0.25, -0.2) is 9.97 Å². The second kappa shape index (κ2) is 18.8. The second-order valence-corrected chi connectivity index (χ2v) is 15.5. The molecule has 2 aromatic heterocycles. The number of aromatic amines is 2. The number of imidazole rings is 2. The van der Waals surface area contributed by atoms with Crippen LogP contribution in [-0.4, -0.2) is 131 Å². The van der Waals surface area contributed by atoms with E-state index in [0.717, 1.165) is 0 Å². The highest BCUT2D eigenvalue weighted by molar-refractivity contribution is 8.03. The molecule has 0 aliphatic carbocycles. The van der Waals surface area contributed by atoms with Crippen LogP contribution in [0.4, 0.5) is 0 Å². The van der Waals surface area contributed by atoms with Crippen molar-refractivity contribution in [3.05, 3.63) is 47.5 Å². The molecule has 6 unspecified atom stereocenters. The lowest BCUT2D eigenvalue weighted by Crippen LogP contribution is -2.57. The summed E-state index contributed by atoms with van der Waals surface area (Å²) in [5.41, 5.74) is 12.2. The van der Waals surface area contributed by atoms with Crippen molar-refractivity contribution in [1.29, 1.82) is 0 Å². The summed E-state index contributed by atoms with van der Waals surface area (Å²) in [7, 11) is 0. The summed E-state index contributed by atoms with van der Waals surface area (Å²) in [5.74, 6) is -2.58. The molecular formula is C33H44N12O8S2. The van der Waals surface area contributed by atoms with Crippen LogP contribution in [-0.2, 0) is 51.2 Å². The summed E-state index contributed by atoms with van der Waals surface area (Å²) < 4.78 is 0. The lowest BCUT2D eigenvalue weighted by atomic mass is 10.0. The number of nitrogens with two attached hydrogens (primary N) is 2. The number of carbonyl (C=O) groups excluding carboxylic acids is 8. The zero-order valence-corrected chi connectivity index (χ0v) is 31.6. The summed E-state index contributed by atoms with van der Waals surface area (Å²) in [6, 6.07) is -3.87. The number of hydrogen-bond acceptors (Lipinski definition) is 12. The molecule has 0 saturated carbocycles. The Morgan fingerprint density at radius 3 is 2.11 bits per heavy atom. The van der Waals surface area contributed by atoms with Gasteiger partial charge in [0.05, 0.1) is 23.8 Å². The SMILES string of the molecule is CC1SC=C(C(=O)NC(Cc2cnc[nH]2)C(=O)N2CCCC2C(N)=O)NC1=O.NC(=O)C1CSCN1C(=O)C(Cc1cnc[nH]1)NC(=O)C1CCCC(=O)N1. The van der Waals surface area contributed by atoms with Gasteiger partial charge in [-0.05, 0) is 32.6 Å². The van der Waals surface area contributed by atoms with Crippen LogP contribution in [0.25, 0.3) is 0 Å². The van der Waals surface area contributed by atoms with E-state index in [2.05, 4.69) is 41.2 Å². The predicted molar refractivity (Wildman–Crippen MR) is 199 cm³/mol. The van der Waals surface area contributed by atoms with Crippen molar-refractivity contribution in [2.75, 3.05) is 18.2 Å². The summed E-state index contributed by atoms with van der Waals surface area (Å²) in [4.78, 5) is 114. The van der Waals surface area contributed by atoms with Gasteiger partial charge in [0.25, 0.3) is 5.91 Å². The Bertz CT molecular complexity index is 1790. The predicted octanol–water partition coefficient (Wildman–Crippen LogP) is -2.50. The van der Waals surface area contributed by atoms with Gasteiger partial charge in [-0.1, -0.05) is 0 Å². The molecule has 6 rings (SSSR count). The summed E-state index contributed by atoms with van der Waals surface area (Å²) in [6.45, 7) is 2.13. The van der Waals surface area contributed by atoms with Crippen molar-refractivity contribution < 1.29 is 38.4 Å². The molecule has 4 aliphatic heterocycles. The second-order valence-electron chi connectivity index (χ2n) is 13.3. The topological polar surface area (TPSA) is 301 Å². The molecule has 2 aromatic rings. The lowest BCUT2D eigenvalue weighted by Gasteiger charge is -2.29. The van der Waals surface area contributed by atoms with Crippen molar-refractivity contribution in [2.24, 2.45) is 11.5 Å². The minimum Gasteiger partial charge on any atom is -0.368 e. The smallest absolute Gasteiger partial charge is 0.268 e. The van der Waals surface area contributed by atoms with Gasteiger partial charge in [0.1, 0.15) is 35.9 Å². The number of hydrogen-bond donors (Lipinski definition) is 8. The molecule has 0 radical (unpaired) electrons. The average Bonchev–Trinajstić information content (AvgIpc) is 4.00. The number of thioether (sulfide) groups is 2. The highest BCUT2D eigenvalue weighted by Crippen LogP contribution is 2.23. The molecule has 3 saturated heterocycles. The standard InChI is InChI=1S/C17H22N6O4S.C16H22N6O4S/c1-9-15(25)22-12(7-28-9)16(26)21-11(5-10-6-19-8-20-10)17(27)23-4-2-3-13(23)14(18)24;17-14(24)12-6-27-8-22(12)16(26)11(4-9-5-18-7-19-9)21-15(25)10-2-1-3-13(23)20-10/h6-9,11,13H,2-5H2,1H3,(H2,18,24)(H,19,20)(H,21,26)(H,22,25);5,7,10-12H,1-4,6,8H2,(H2,17,24)(H,18,19)(H,20,23)(H,21,25). The average molecular weight is 801 g/mol. The molecule has 0 aromatic carbocycles. The third-order valence-electron chi connectivity index (χ3n) is 9.34. The number of aromatic nitrogens is 4. The Morgan fingerprint density at radius 2 is 1.53 bits per heavy atom. The monoisotopic (exact) mass is 800 g/mol. The number of primary amides is 2. The number of amides is 8. The van der Waals surface area contributed by atoms with Crippen molar-refractivity contribution in [2.45, 2.75) is 87.3 Å². The Kier molecular flexibility index (Phi) is 13.9. The molecule has 10 N–H and O–H groups in total. The summed E-state index contributed by atoms with van der Waals surface area (Å²) in [5, 5.41) is 11.8. The highest BCUT2D eigenvalue weighted by Gasteiger charge is 2.39. The van der Waals surface area contributed by atoms with Crippen molar-refractivity contribution in [3.8, 4) is 0 Å². The fourth-order valence-corrected chi connectivity index (χ4v) is 8.24. The first kappa shape index (κ1) is 40.8. The number of nitrogens with zero attached hydrogens (tertiary/aromatic N) is 4. The normalized spacial score (nSPS) is 23.3. The number of H-pyrrole nitrogens is 2. The van der Waals surface area contributed by atoms with Crippen molar-refractivity contribution in [3.63, 3.8) is 0 Å². The highest BCUT2D eigenvalue weighted by atomic mass is 32.2. The number of piperidine rings is 1. The maximum Gasteiger partial charge on any atom is 0.268 e. The molecule has 55 heavy (non-hydrogen) atoms. The Morgan fingerprint density at radius 1 is 0.891 bits per heavy atom. The van der Waals surface area contributed by atoms with Crippen LogP contribution in [0.3, 0.4) is 0 Å². The molecule has 6 atom stereocenters. The van der Waals surface area contributed by atoms with Gasteiger partial charge in [0, 0.05) is 60.7 Å². The van der Waals surface area contributed by atoms with E-state index in [1.165, 1.54) is 46.0 Å². The third-order valence-corrected chi connectivity index (χ3v) is 11.4. The van der Waals surface area contributed by atoms with E-state index in [0.29, 0.717) is 61.7 Å². The zero-order valence-electron chi connectivity index (χ0n) is 29.9. The first-order chi connectivity index (χ1) is 26.3. The van der Waals surface area contributed by atoms with Gasteiger partial charge >= 0.3 is 0 Å². The molecule has 3 fully saturated rings. The van der Waals surface area contributed by atoms with E-state index in [1.54, 1.807) is 24.7 Å². The van der Waals surface area contributed by atoms with Crippen LogP contribution >= 0.6 is 23.5 Å². The fraction of sp³-hybridized carbons (Fsp3) is 0.515. The fourth-order valence-electron chi connectivity index (χ4n) is 6.37. The minimum atomic E-state index is -0.935. The van der Waals surface area contributed by atoms with E-state index in [1.807, 2.05) is 0 Å². The van der Waals surface area contributed by atoms with Crippen LogP contribution in [0.15, 0.2) is 36.2 Å². The number of likely N-dealkylation sites (tertiary alicyclic amines) is 1. The summed E-state index contributed by atoms with van der Waals surface area (Å²) in [6.07, 6.45) is 9.14. The molecular weight excluding hydrogens is 757 g/mol. The minimum absolute atomic E-state index is 0.0865. The molecule has 8 amide bonds. The van der Waals surface area contributed by atoms with Gasteiger partial charge in [-0.2, -0.15) is 0 Å². The molecule has 20 nitrogen and oxygen atoms in total. The van der Waals surface area contributed by atoms with Gasteiger partial charge in [-0.15, -0.1) is 23.5 Å². The largest absolute Gasteiger partial charge is 0.368 e. The summed E-state index contributed by atoms with van der Waals surface area (Å²) >= 11 is 2.66. The van der Waals surface area contributed by atoms with Crippen LogP contribution in [0.2, 0.25) is 0 Å². The Labute approximate surface area is 323 Å². The molecule has 296 valence electrons. The van der Waals surface area contributed by atoms with E-state index in [4.69, 9.17) is 11.5 Å². The van der Waals surface area contributed by atoms with E-state index in [9.17, 15) is 38.4 Å². The maximum absolute atomic E-state index is 13.1. The molecule has 22 heteroatoms. The molecule has 0 bridgehead atoms. The van der Waals surface area contributed by atoms with Crippen molar-refractivity contribution in [1.82, 2.24) is 51.0 Å². The van der Waals surface area contributed by atoms with Gasteiger partial charge in [0.2, 0.25) is 41.4 Å². The lowest BCUT2D eigenvalue weighted by molar-refractivity contribution is -0.141. The van der Waals surface area contributed by atoms with Crippen LogP contribution < -0.4 is 32.7 Å². The number of rotatable bonds is 12. The van der Waals surface area contributed by atoms with Crippen LogP contribution in [0, 0.1) is 0 Å². The van der Waals surface area contributed by atoms with E-state index in [-0.39, 0.29) is 41.5 Å².